The number of H-pyrrole nitrogens is 1. The predicted molar refractivity (Wildman–Crippen MR) is 123 cm³/mol. The summed E-state index contributed by atoms with van der Waals surface area (Å²) in [5, 5.41) is 3.86. The van der Waals surface area contributed by atoms with Crippen LogP contribution in [0.25, 0.3) is 16.5 Å². The van der Waals surface area contributed by atoms with Crippen molar-refractivity contribution in [2.24, 2.45) is 0 Å². The molecule has 0 saturated carbocycles. The predicted octanol–water partition coefficient (Wildman–Crippen LogP) is 4.40. The molecule has 0 bridgehead atoms. The fourth-order valence-corrected chi connectivity index (χ4v) is 4.68. The molecular formula is C25H25N3O4. The summed E-state index contributed by atoms with van der Waals surface area (Å²) in [6.07, 6.45) is 5.18. The standard InChI is InChI=1S/C25H25N3O4/c1-13-8-21(29)28-24-17(13)9-16(10-20(24)31-3)26-25(30)22-14(2)18-11-32-12-19(18)27-23(22)15-6-4-5-7-15/h6,8-10H,4-5,7,11-12H2,1-3H3,(H,26,30)(H,28,29). The monoisotopic (exact) mass is 431 g/mol. The van der Waals surface area contributed by atoms with Gasteiger partial charge in [0.15, 0.2) is 0 Å². The second-order valence-electron chi connectivity index (χ2n) is 8.37. The number of fused-ring (bicyclic) bond motifs is 2. The Balaban J connectivity index is 1.60. The maximum absolute atomic E-state index is 13.6. The van der Waals surface area contributed by atoms with E-state index in [2.05, 4.69) is 16.4 Å². The Morgan fingerprint density at radius 1 is 1.22 bits per heavy atom. The van der Waals surface area contributed by atoms with Crippen LogP contribution in [0.5, 0.6) is 5.75 Å². The van der Waals surface area contributed by atoms with Crippen LogP contribution >= 0.6 is 0 Å². The van der Waals surface area contributed by atoms with Gasteiger partial charge in [-0.3, -0.25) is 9.59 Å². The van der Waals surface area contributed by atoms with Crippen molar-refractivity contribution >= 4 is 28.1 Å². The van der Waals surface area contributed by atoms with E-state index in [4.69, 9.17) is 14.5 Å². The van der Waals surface area contributed by atoms with E-state index in [0.717, 1.165) is 58.3 Å². The van der Waals surface area contributed by atoms with Crippen molar-refractivity contribution in [3.8, 4) is 5.75 Å². The maximum atomic E-state index is 13.6. The van der Waals surface area contributed by atoms with E-state index in [0.29, 0.717) is 35.7 Å². The van der Waals surface area contributed by atoms with E-state index in [1.165, 1.54) is 6.07 Å². The number of ether oxygens (including phenoxy) is 2. The van der Waals surface area contributed by atoms with Crippen LogP contribution in [0.4, 0.5) is 5.69 Å². The SMILES string of the molecule is COc1cc(NC(=O)c2c(C3=CCCC3)nc3c(c2C)COC3)cc2c(C)cc(=O)[nH]c12. The lowest BCUT2D eigenvalue weighted by Gasteiger charge is -2.17. The summed E-state index contributed by atoms with van der Waals surface area (Å²) in [5.74, 6) is 0.283. The number of pyridine rings is 2. The minimum absolute atomic E-state index is 0.193. The zero-order valence-corrected chi connectivity index (χ0v) is 18.4. The van der Waals surface area contributed by atoms with Gasteiger partial charge < -0.3 is 19.8 Å². The maximum Gasteiger partial charge on any atom is 0.258 e. The molecule has 3 aromatic rings. The van der Waals surface area contributed by atoms with Crippen LogP contribution in [0.2, 0.25) is 0 Å². The molecule has 7 heteroatoms. The highest BCUT2D eigenvalue weighted by atomic mass is 16.5. The van der Waals surface area contributed by atoms with Gasteiger partial charge in [-0.05, 0) is 55.9 Å². The highest BCUT2D eigenvalue weighted by Gasteiger charge is 2.27. The topological polar surface area (TPSA) is 93.3 Å². The van der Waals surface area contributed by atoms with Crippen LogP contribution in [0.3, 0.4) is 0 Å². The van der Waals surface area contributed by atoms with Crippen molar-refractivity contribution in [2.45, 2.75) is 46.3 Å². The van der Waals surface area contributed by atoms with E-state index in [9.17, 15) is 9.59 Å². The molecule has 1 aliphatic heterocycles. The summed E-state index contributed by atoms with van der Waals surface area (Å²) in [6, 6.07) is 5.12. The second kappa shape index (κ2) is 7.91. The number of hydrogen-bond donors (Lipinski definition) is 2. The zero-order chi connectivity index (χ0) is 22.4. The van der Waals surface area contributed by atoms with Gasteiger partial charge in [-0.15, -0.1) is 0 Å². The first-order valence-corrected chi connectivity index (χ1v) is 10.8. The molecule has 0 fully saturated rings. The summed E-state index contributed by atoms with van der Waals surface area (Å²) >= 11 is 0. The molecule has 0 saturated heterocycles. The molecular weight excluding hydrogens is 406 g/mol. The van der Waals surface area contributed by atoms with Crippen molar-refractivity contribution in [1.82, 2.24) is 9.97 Å². The van der Waals surface area contributed by atoms with Gasteiger partial charge in [-0.25, -0.2) is 4.98 Å². The molecule has 2 aliphatic rings. The number of allylic oxidation sites excluding steroid dienone is 2. The number of amides is 1. The minimum atomic E-state index is -0.212. The van der Waals surface area contributed by atoms with Crippen molar-refractivity contribution in [1.29, 1.82) is 0 Å². The van der Waals surface area contributed by atoms with Crippen LogP contribution in [0.15, 0.2) is 29.1 Å². The molecule has 2 N–H and O–H groups in total. The fourth-order valence-electron chi connectivity index (χ4n) is 4.68. The highest BCUT2D eigenvalue weighted by molar-refractivity contribution is 6.09. The van der Waals surface area contributed by atoms with Gasteiger partial charge in [0.2, 0.25) is 5.56 Å². The van der Waals surface area contributed by atoms with Crippen molar-refractivity contribution in [2.75, 3.05) is 12.4 Å². The molecule has 1 aliphatic carbocycles. The third kappa shape index (κ3) is 3.39. The van der Waals surface area contributed by atoms with Gasteiger partial charge in [-0.2, -0.15) is 0 Å². The number of hydrogen-bond acceptors (Lipinski definition) is 5. The van der Waals surface area contributed by atoms with Crippen LogP contribution < -0.4 is 15.6 Å². The Bertz CT molecular complexity index is 1350. The summed E-state index contributed by atoms with van der Waals surface area (Å²) < 4.78 is 11.1. The third-order valence-corrected chi connectivity index (χ3v) is 6.32. The first kappa shape index (κ1) is 20.5. The van der Waals surface area contributed by atoms with Gasteiger partial charge >= 0.3 is 0 Å². The van der Waals surface area contributed by atoms with Crippen molar-refractivity contribution < 1.29 is 14.3 Å². The quantitative estimate of drug-likeness (QED) is 0.639. The normalized spacial score (nSPS) is 15.0. The lowest BCUT2D eigenvalue weighted by atomic mass is 9.95. The summed E-state index contributed by atoms with van der Waals surface area (Å²) in [7, 11) is 1.54. The second-order valence-corrected chi connectivity index (χ2v) is 8.37. The number of nitrogens with zero attached hydrogens (tertiary/aromatic N) is 1. The number of methoxy groups -OCH3 is 1. The minimum Gasteiger partial charge on any atom is -0.494 e. The van der Waals surface area contributed by atoms with E-state index in [1.807, 2.05) is 19.9 Å². The number of anilines is 1. The number of aromatic nitrogens is 2. The largest absolute Gasteiger partial charge is 0.494 e. The Hall–Kier alpha value is -3.45. The summed E-state index contributed by atoms with van der Waals surface area (Å²) in [6.45, 7) is 4.79. The van der Waals surface area contributed by atoms with Gasteiger partial charge in [0.05, 0.1) is 42.8 Å². The number of aryl methyl sites for hydroxylation is 1. The molecule has 5 rings (SSSR count). The van der Waals surface area contributed by atoms with Crippen LogP contribution in [-0.4, -0.2) is 23.0 Å². The van der Waals surface area contributed by atoms with E-state index >= 15 is 0 Å². The van der Waals surface area contributed by atoms with Gasteiger partial charge in [0.1, 0.15) is 5.75 Å². The number of carbonyl (C=O) groups excluding carboxylic acids is 1. The molecule has 1 amide bonds. The molecule has 0 atom stereocenters. The van der Waals surface area contributed by atoms with Crippen LogP contribution in [0.1, 0.15) is 57.7 Å². The lowest BCUT2D eigenvalue weighted by molar-refractivity contribution is 0.102. The fraction of sp³-hybridized carbons (Fsp3) is 0.320. The van der Waals surface area contributed by atoms with Crippen molar-refractivity contribution in [3.05, 3.63) is 68.3 Å². The molecule has 32 heavy (non-hydrogen) atoms. The highest BCUT2D eigenvalue weighted by Crippen LogP contribution is 2.35. The van der Waals surface area contributed by atoms with E-state index in [1.54, 1.807) is 13.2 Å². The first-order chi connectivity index (χ1) is 15.5. The van der Waals surface area contributed by atoms with Gasteiger partial charge in [0.25, 0.3) is 5.91 Å². The van der Waals surface area contributed by atoms with Crippen LogP contribution in [0, 0.1) is 13.8 Å². The third-order valence-electron chi connectivity index (χ3n) is 6.32. The lowest BCUT2D eigenvalue weighted by Crippen LogP contribution is -2.19. The Kier molecular flexibility index (Phi) is 5.06. The van der Waals surface area contributed by atoms with Gasteiger partial charge in [0, 0.05) is 28.8 Å². The Morgan fingerprint density at radius 3 is 2.81 bits per heavy atom. The average molecular weight is 431 g/mol. The van der Waals surface area contributed by atoms with E-state index in [-0.39, 0.29) is 11.5 Å². The zero-order valence-electron chi connectivity index (χ0n) is 18.4. The molecule has 0 unspecified atom stereocenters. The molecule has 164 valence electrons. The molecule has 0 spiro atoms. The summed E-state index contributed by atoms with van der Waals surface area (Å²) in [4.78, 5) is 33.1. The van der Waals surface area contributed by atoms with E-state index < -0.39 is 0 Å². The number of carbonyl (C=O) groups is 1. The number of benzene rings is 1. The Morgan fingerprint density at radius 2 is 2.06 bits per heavy atom. The number of rotatable bonds is 4. The smallest absolute Gasteiger partial charge is 0.258 e. The van der Waals surface area contributed by atoms with Gasteiger partial charge in [-0.1, -0.05) is 6.08 Å². The average Bonchev–Trinajstić information content (AvgIpc) is 3.45. The molecule has 0 radical (unpaired) electrons. The molecule has 1 aromatic carbocycles. The first-order valence-electron chi connectivity index (χ1n) is 10.8. The molecule has 7 nitrogen and oxygen atoms in total. The van der Waals surface area contributed by atoms with Crippen LogP contribution in [-0.2, 0) is 18.0 Å². The molecule has 2 aromatic heterocycles. The Labute approximate surface area is 185 Å². The number of nitrogens with one attached hydrogen (secondary N) is 2. The summed E-state index contributed by atoms with van der Waals surface area (Å²) in [5.41, 5.74) is 7.14. The molecule has 3 heterocycles. The van der Waals surface area contributed by atoms with Crippen molar-refractivity contribution in [3.63, 3.8) is 0 Å². The number of aromatic amines is 1.